The Morgan fingerprint density at radius 1 is 1.19 bits per heavy atom. The number of allylic oxidation sites excluding steroid dienone is 2. The molecule has 0 heterocycles. The number of carboxylic acid groups (broad SMARTS) is 1. The topological polar surface area (TPSA) is 37.3 Å². The molecule has 2 nitrogen and oxygen atoms in total. The number of rotatable bonds is 2. The van der Waals surface area contributed by atoms with E-state index in [1.54, 1.807) is 12.1 Å². The van der Waals surface area contributed by atoms with E-state index in [1.165, 1.54) is 5.56 Å². The van der Waals surface area contributed by atoms with E-state index in [-0.39, 0.29) is 11.0 Å². The highest BCUT2D eigenvalue weighted by molar-refractivity contribution is 5.94. The number of carbonyl (C=O) groups is 1. The Kier molecular flexibility index (Phi) is 4.45. The van der Waals surface area contributed by atoms with Gasteiger partial charge in [0.05, 0.1) is 5.56 Å². The number of hydrogen-bond donors (Lipinski definition) is 1. The van der Waals surface area contributed by atoms with E-state index in [9.17, 15) is 9.90 Å². The fourth-order valence-corrected chi connectivity index (χ4v) is 3.46. The first-order valence-corrected chi connectivity index (χ1v) is 8.50. The van der Waals surface area contributed by atoms with E-state index in [2.05, 4.69) is 49.8 Å². The largest absolute Gasteiger partial charge is 0.478 e. The molecule has 2 aromatic rings. The molecule has 0 saturated heterocycles. The maximum Gasteiger partial charge on any atom is 0.336 e. The molecular formula is C24H20O2. The first-order valence-electron chi connectivity index (χ1n) is 8.50. The number of terminal acetylenes is 1. The highest BCUT2D eigenvalue weighted by Gasteiger charge is 2.28. The third kappa shape index (κ3) is 2.92. The molecule has 0 amide bonds. The van der Waals surface area contributed by atoms with Crippen molar-refractivity contribution in [3.05, 3.63) is 64.7 Å². The third-order valence-corrected chi connectivity index (χ3v) is 4.87. The number of carboxylic acids is 1. The van der Waals surface area contributed by atoms with Crippen molar-refractivity contribution in [2.75, 3.05) is 0 Å². The summed E-state index contributed by atoms with van der Waals surface area (Å²) in [5.74, 6) is 7.71. The molecule has 1 aliphatic rings. The maximum atomic E-state index is 11.5. The molecular weight excluding hydrogens is 320 g/mol. The van der Waals surface area contributed by atoms with Crippen LogP contribution in [0.1, 0.15) is 54.2 Å². The summed E-state index contributed by atoms with van der Waals surface area (Å²) in [6.45, 7) is 6.25. The van der Waals surface area contributed by atoms with Crippen molar-refractivity contribution in [2.45, 2.75) is 32.6 Å². The first kappa shape index (κ1) is 17.6. The molecule has 0 spiro atoms. The van der Waals surface area contributed by atoms with Gasteiger partial charge in [-0.2, -0.15) is 0 Å². The summed E-state index contributed by atoms with van der Waals surface area (Å²) in [7, 11) is 0. The van der Waals surface area contributed by atoms with Crippen molar-refractivity contribution < 1.29 is 9.90 Å². The Morgan fingerprint density at radius 3 is 2.62 bits per heavy atom. The molecule has 1 N–H and O–H groups in total. The van der Waals surface area contributed by atoms with Gasteiger partial charge < -0.3 is 5.11 Å². The van der Waals surface area contributed by atoms with Gasteiger partial charge in [-0.05, 0) is 53.1 Å². The van der Waals surface area contributed by atoms with Crippen LogP contribution in [0.2, 0.25) is 0 Å². The Labute approximate surface area is 154 Å². The number of fused-ring (bicyclic) bond motifs is 1. The number of aromatic carboxylic acids is 1. The molecule has 0 saturated carbocycles. The first-order chi connectivity index (χ1) is 12.4. The molecule has 1 aliphatic carbocycles. The van der Waals surface area contributed by atoms with Crippen LogP contribution in [0.25, 0.3) is 16.7 Å². The Balaban J connectivity index is 2.24. The summed E-state index contributed by atoms with van der Waals surface area (Å²) in [5.41, 5.74) is 5.63. The quantitative estimate of drug-likeness (QED) is 0.770. The van der Waals surface area contributed by atoms with Gasteiger partial charge in [0, 0.05) is 11.1 Å². The molecule has 2 heteroatoms. The van der Waals surface area contributed by atoms with Crippen molar-refractivity contribution in [2.24, 2.45) is 0 Å². The van der Waals surface area contributed by atoms with Gasteiger partial charge in [-0.15, -0.1) is 12.3 Å². The summed E-state index contributed by atoms with van der Waals surface area (Å²) >= 11 is 0. The minimum atomic E-state index is -1.01. The van der Waals surface area contributed by atoms with E-state index < -0.39 is 5.97 Å². The van der Waals surface area contributed by atoms with E-state index in [0.29, 0.717) is 5.56 Å². The minimum Gasteiger partial charge on any atom is -0.478 e. The number of benzene rings is 2. The van der Waals surface area contributed by atoms with Gasteiger partial charge in [-0.3, -0.25) is 0 Å². The second-order valence-corrected chi connectivity index (χ2v) is 7.02. The summed E-state index contributed by atoms with van der Waals surface area (Å²) in [4.78, 5) is 11.5. The molecule has 2 aromatic carbocycles. The van der Waals surface area contributed by atoms with E-state index >= 15 is 0 Å². The van der Waals surface area contributed by atoms with Crippen molar-refractivity contribution in [3.8, 4) is 35.3 Å². The zero-order valence-corrected chi connectivity index (χ0v) is 15.2. The molecule has 0 unspecified atom stereocenters. The molecule has 0 aliphatic heterocycles. The normalized spacial score (nSPS) is 14.3. The van der Waals surface area contributed by atoms with E-state index in [4.69, 9.17) is 6.42 Å². The maximum absolute atomic E-state index is 11.5. The highest BCUT2D eigenvalue weighted by Crippen LogP contribution is 2.41. The minimum absolute atomic E-state index is 0.0228. The molecule has 0 atom stereocenters. The average Bonchev–Trinajstić information content (AvgIpc) is 2.63. The van der Waals surface area contributed by atoms with Gasteiger partial charge in [0.1, 0.15) is 0 Å². The van der Waals surface area contributed by atoms with Crippen molar-refractivity contribution in [3.63, 3.8) is 0 Å². The molecule has 3 rings (SSSR count). The van der Waals surface area contributed by atoms with Crippen LogP contribution < -0.4 is 0 Å². The summed E-state index contributed by atoms with van der Waals surface area (Å²) in [5, 5.41) is 9.42. The van der Waals surface area contributed by atoms with Crippen LogP contribution in [0.15, 0.2) is 42.5 Å². The van der Waals surface area contributed by atoms with Crippen LogP contribution in [0, 0.1) is 24.2 Å². The van der Waals surface area contributed by atoms with Crippen LogP contribution in [0.4, 0.5) is 0 Å². The molecule has 26 heavy (non-hydrogen) atoms. The van der Waals surface area contributed by atoms with Crippen LogP contribution in [0.3, 0.4) is 0 Å². The molecule has 0 radical (unpaired) electrons. The Morgan fingerprint density at radius 2 is 1.96 bits per heavy atom. The molecule has 0 aromatic heterocycles. The third-order valence-electron chi connectivity index (χ3n) is 4.87. The summed E-state index contributed by atoms with van der Waals surface area (Å²) < 4.78 is 0. The highest BCUT2D eigenvalue weighted by atomic mass is 16.4. The van der Waals surface area contributed by atoms with E-state index in [0.717, 1.165) is 28.7 Å². The van der Waals surface area contributed by atoms with Gasteiger partial charge in [-0.1, -0.05) is 56.0 Å². The Hall–Kier alpha value is -3.23. The Bertz CT molecular complexity index is 1030. The lowest BCUT2D eigenvalue weighted by atomic mass is 9.72. The SMILES string of the molecule is C#Cc1c(C(=O)O)cccc1-c1ccc2c(c1)C(C)(C)CC=C2C#CC. The van der Waals surface area contributed by atoms with Crippen molar-refractivity contribution in [1.82, 2.24) is 0 Å². The van der Waals surface area contributed by atoms with Crippen LogP contribution in [-0.4, -0.2) is 11.1 Å². The van der Waals surface area contributed by atoms with Gasteiger partial charge >= 0.3 is 5.97 Å². The predicted molar refractivity (Wildman–Crippen MR) is 106 cm³/mol. The monoisotopic (exact) mass is 340 g/mol. The van der Waals surface area contributed by atoms with Crippen molar-refractivity contribution >= 4 is 11.5 Å². The molecule has 128 valence electrons. The summed E-state index contributed by atoms with van der Waals surface area (Å²) in [6.07, 6.45) is 8.74. The van der Waals surface area contributed by atoms with Gasteiger partial charge in [0.15, 0.2) is 0 Å². The molecule has 0 bridgehead atoms. The smallest absolute Gasteiger partial charge is 0.336 e. The van der Waals surface area contributed by atoms with Gasteiger partial charge in [-0.25, -0.2) is 4.79 Å². The average molecular weight is 340 g/mol. The van der Waals surface area contributed by atoms with Crippen molar-refractivity contribution in [1.29, 1.82) is 0 Å². The fraction of sp³-hybridized carbons (Fsp3) is 0.208. The van der Waals surface area contributed by atoms with Crippen LogP contribution in [0.5, 0.6) is 0 Å². The number of hydrogen-bond acceptors (Lipinski definition) is 1. The second kappa shape index (κ2) is 6.58. The lowest BCUT2D eigenvalue weighted by Gasteiger charge is -2.31. The molecule has 0 fully saturated rings. The van der Waals surface area contributed by atoms with Crippen LogP contribution in [-0.2, 0) is 5.41 Å². The fourth-order valence-electron chi connectivity index (χ4n) is 3.46. The van der Waals surface area contributed by atoms with E-state index in [1.807, 2.05) is 19.1 Å². The second-order valence-electron chi connectivity index (χ2n) is 7.02. The van der Waals surface area contributed by atoms with Crippen LogP contribution >= 0.6 is 0 Å². The lowest BCUT2D eigenvalue weighted by Crippen LogP contribution is -2.21. The predicted octanol–water partition coefficient (Wildman–Crippen LogP) is 5.12. The zero-order valence-electron chi connectivity index (χ0n) is 15.2. The zero-order chi connectivity index (χ0) is 18.9. The standard InChI is InChI=1S/C24H20O2/c1-5-8-16-13-14-24(3,4)22-15-17(11-12-20(16)22)19-9-7-10-21(23(25)26)18(19)6-2/h2,7,9-13,15H,14H2,1,3-4H3,(H,25,26). The lowest BCUT2D eigenvalue weighted by molar-refractivity contribution is 0.0696. The summed E-state index contributed by atoms with van der Waals surface area (Å²) in [6, 6.07) is 11.3. The van der Waals surface area contributed by atoms with Gasteiger partial charge in [0.2, 0.25) is 0 Å². The van der Waals surface area contributed by atoms with Gasteiger partial charge in [0.25, 0.3) is 0 Å².